The van der Waals surface area contributed by atoms with Gasteiger partial charge in [0.2, 0.25) is 0 Å². The van der Waals surface area contributed by atoms with E-state index in [1.807, 2.05) is 0 Å². The van der Waals surface area contributed by atoms with Gasteiger partial charge in [0, 0.05) is 30.7 Å². The highest BCUT2D eigenvalue weighted by atomic mass is 16.4. The molecule has 4 heterocycles. The lowest BCUT2D eigenvalue weighted by atomic mass is 9.73. The second kappa shape index (κ2) is 10.6. The van der Waals surface area contributed by atoms with Gasteiger partial charge in [0.05, 0.1) is 23.5 Å². The minimum absolute atomic E-state index is 0.211. The van der Waals surface area contributed by atoms with Crippen LogP contribution in [0.1, 0.15) is 114 Å². The van der Waals surface area contributed by atoms with E-state index in [2.05, 4.69) is 38.6 Å². The second-order valence-corrected chi connectivity index (χ2v) is 13.4. The number of rotatable bonds is 6. The van der Waals surface area contributed by atoms with Crippen molar-refractivity contribution in [2.24, 2.45) is 11.8 Å². The van der Waals surface area contributed by atoms with Crippen molar-refractivity contribution in [2.75, 3.05) is 13.1 Å². The molecule has 3 saturated heterocycles. The van der Waals surface area contributed by atoms with E-state index in [9.17, 15) is 9.90 Å². The molecule has 7 rings (SSSR count). The van der Waals surface area contributed by atoms with Gasteiger partial charge in [0.25, 0.3) is 0 Å². The Morgan fingerprint density at radius 3 is 2.29 bits per heavy atom. The first kappa shape index (κ1) is 25.1. The Hall–Kier alpha value is -1.92. The number of imidazole rings is 1. The number of carboxylic acid groups (broad SMARTS) is 1. The SMILES string of the molecule is O=C(O)CCN1CCC[C@@H]1c1nc2ccccc2n1[C@@H]1C[C@H]2CCC[C@@H](C1)N2[C@@H]1C[C@@H]2CCCC[C@@H](C2)C1. The molecule has 38 heavy (non-hydrogen) atoms. The van der Waals surface area contributed by atoms with E-state index in [1.165, 1.54) is 88.4 Å². The molecule has 1 N–H and O–H groups in total. The van der Waals surface area contributed by atoms with Gasteiger partial charge in [-0.25, -0.2) is 4.98 Å². The van der Waals surface area contributed by atoms with Crippen molar-refractivity contribution in [3.05, 3.63) is 30.1 Å². The van der Waals surface area contributed by atoms with E-state index in [0.29, 0.717) is 24.7 Å². The molecular formula is C32H46N4O2. The normalized spacial score (nSPS) is 36.4. The maximum absolute atomic E-state index is 11.4. The Kier molecular flexibility index (Phi) is 6.98. The highest BCUT2D eigenvalue weighted by Crippen LogP contribution is 2.48. The van der Waals surface area contributed by atoms with E-state index in [4.69, 9.17) is 4.98 Å². The number of hydrogen-bond acceptors (Lipinski definition) is 4. The molecule has 0 radical (unpaired) electrons. The molecule has 2 aromatic rings. The fraction of sp³-hybridized carbons (Fsp3) is 0.750. The van der Waals surface area contributed by atoms with Crippen molar-refractivity contribution in [3.63, 3.8) is 0 Å². The molecule has 0 spiro atoms. The van der Waals surface area contributed by atoms with E-state index in [0.717, 1.165) is 42.8 Å². The zero-order valence-corrected chi connectivity index (χ0v) is 23.0. The van der Waals surface area contributed by atoms with Crippen LogP contribution in [-0.4, -0.2) is 61.6 Å². The third-order valence-electron chi connectivity index (χ3n) is 11.0. The molecule has 7 atom stereocenters. The molecule has 206 valence electrons. The van der Waals surface area contributed by atoms with Crippen molar-refractivity contribution in [1.29, 1.82) is 0 Å². The monoisotopic (exact) mass is 518 g/mol. The van der Waals surface area contributed by atoms with Crippen molar-refractivity contribution in [2.45, 2.75) is 127 Å². The van der Waals surface area contributed by atoms with Gasteiger partial charge in [0.15, 0.2) is 0 Å². The van der Waals surface area contributed by atoms with Gasteiger partial charge in [0.1, 0.15) is 5.82 Å². The molecule has 6 heteroatoms. The number of nitrogens with zero attached hydrogens (tertiary/aromatic N) is 4. The van der Waals surface area contributed by atoms with E-state index < -0.39 is 5.97 Å². The molecule has 1 aromatic heterocycles. The quantitative estimate of drug-likeness (QED) is 0.469. The number of fused-ring (bicyclic) bond motifs is 5. The Balaban J connectivity index is 1.18. The molecule has 0 unspecified atom stereocenters. The van der Waals surface area contributed by atoms with Crippen LogP contribution in [0.25, 0.3) is 11.0 Å². The smallest absolute Gasteiger partial charge is 0.304 e. The lowest BCUT2D eigenvalue weighted by Crippen LogP contribution is -2.58. The molecule has 4 bridgehead atoms. The fourth-order valence-electron chi connectivity index (χ4n) is 9.61. The fourth-order valence-corrected chi connectivity index (χ4v) is 9.61. The summed E-state index contributed by atoms with van der Waals surface area (Å²) in [6, 6.07) is 11.7. The molecule has 3 aliphatic heterocycles. The summed E-state index contributed by atoms with van der Waals surface area (Å²) >= 11 is 0. The van der Waals surface area contributed by atoms with Crippen molar-refractivity contribution >= 4 is 17.0 Å². The van der Waals surface area contributed by atoms with Gasteiger partial charge in [-0.15, -0.1) is 0 Å². The standard InChI is InChI=1S/C32H46N4O2/c37-31(38)14-16-34-15-6-13-30(34)32-33-28-11-3-4-12-29(28)36(32)27-20-24-9-5-10-25(21-27)35(24)26-18-22-7-1-2-8-23(17-22)19-26/h3-4,11-12,22-27,30H,1-2,5-10,13-21H2,(H,37,38)/t22-,23+,24-,25+,26-,27-,30-/m1/s1. The Labute approximate surface area is 227 Å². The number of likely N-dealkylation sites (tertiary alicyclic amines) is 1. The average Bonchev–Trinajstić information content (AvgIpc) is 3.49. The summed E-state index contributed by atoms with van der Waals surface area (Å²) in [6.07, 6.45) is 19.3. The van der Waals surface area contributed by atoms with Crippen LogP contribution in [0.15, 0.2) is 24.3 Å². The Bertz CT molecular complexity index is 1120. The van der Waals surface area contributed by atoms with Crippen molar-refractivity contribution in [3.8, 4) is 0 Å². The van der Waals surface area contributed by atoms with E-state index in [-0.39, 0.29) is 12.5 Å². The van der Waals surface area contributed by atoms with Crippen LogP contribution in [-0.2, 0) is 4.79 Å². The van der Waals surface area contributed by atoms with Crippen LogP contribution in [0.3, 0.4) is 0 Å². The summed E-state index contributed by atoms with van der Waals surface area (Å²) < 4.78 is 2.64. The number of aromatic nitrogens is 2. The third kappa shape index (κ3) is 4.70. The van der Waals surface area contributed by atoms with Crippen LogP contribution >= 0.6 is 0 Å². The largest absolute Gasteiger partial charge is 0.481 e. The van der Waals surface area contributed by atoms with Crippen molar-refractivity contribution in [1.82, 2.24) is 19.4 Å². The number of piperidine rings is 2. The number of hydrogen-bond donors (Lipinski definition) is 1. The summed E-state index contributed by atoms with van der Waals surface area (Å²) in [5, 5.41) is 9.34. The number of benzene rings is 1. The maximum Gasteiger partial charge on any atom is 0.304 e. The predicted molar refractivity (Wildman–Crippen MR) is 150 cm³/mol. The molecule has 2 aliphatic carbocycles. The highest BCUT2D eigenvalue weighted by molar-refractivity contribution is 5.76. The predicted octanol–water partition coefficient (Wildman–Crippen LogP) is 6.56. The summed E-state index contributed by atoms with van der Waals surface area (Å²) in [6.45, 7) is 1.60. The van der Waals surface area contributed by atoms with Gasteiger partial charge in [-0.2, -0.15) is 0 Å². The molecule has 2 saturated carbocycles. The number of carbonyl (C=O) groups is 1. The topological polar surface area (TPSA) is 61.6 Å². The average molecular weight is 519 g/mol. The van der Waals surface area contributed by atoms with Crippen LogP contribution in [0.4, 0.5) is 0 Å². The lowest BCUT2D eigenvalue weighted by Gasteiger charge is -2.55. The summed E-state index contributed by atoms with van der Waals surface area (Å²) in [4.78, 5) is 22.1. The zero-order valence-electron chi connectivity index (χ0n) is 23.0. The molecule has 5 aliphatic rings. The molecular weight excluding hydrogens is 472 g/mol. The van der Waals surface area contributed by atoms with Crippen LogP contribution in [0.2, 0.25) is 0 Å². The number of para-hydroxylation sites is 2. The summed E-state index contributed by atoms with van der Waals surface area (Å²) in [5.74, 6) is 2.45. The van der Waals surface area contributed by atoms with Gasteiger partial charge in [-0.1, -0.05) is 44.2 Å². The minimum Gasteiger partial charge on any atom is -0.481 e. The van der Waals surface area contributed by atoms with Gasteiger partial charge in [-0.3, -0.25) is 14.6 Å². The maximum atomic E-state index is 11.4. The first-order valence-corrected chi connectivity index (χ1v) is 15.8. The molecule has 6 nitrogen and oxygen atoms in total. The van der Waals surface area contributed by atoms with Crippen LogP contribution in [0, 0.1) is 11.8 Å². The first-order valence-electron chi connectivity index (χ1n) is 15.8. The highest BCUT2D eigenvalue weighted by Gasteiger charge is 2.45. The van der Waals surface area contributed by atoms with Crippen LogP contribution in [0.5, 0.6) is 0 Å². The lowest BCUT2D eigenvalue weighted by molar-refractivity contribution is -0.137. The number of carboxylic acids is 1. The van der Waals surface area contributed by atoms with E-state index >= 15 is 0 Å². The van der Waals surface area contributed by atoms with Crippen LogP contribution < -0.4 is 0 Å². The summed E-state index contributed by atoms with van der Waals surface area (Å²) in [7, 11) is 0. The minimum atomic E-state index is -0.702. The summed E-state index contributed by atoms with van der Waals surface area (Å²) in [5.41, 5.74) is 2.39. The van der Waals surface area contributed by atoms with Gasteiger partial charge >= 0.3 is 5.97 Å². The first-order chi connectivity index (χ1) is 18.6. The molecule has 1 aromatic carbocycles. The van der Waals surface area contributed by atoms with Gasteiger partial charge in [-0.05, 0) is 88.3 Å². The van der Waals surface area contributed by atoms with E-state index in [1.54, 1.807) is 0 Å². The van der Waals surface area contributed by atoms with Crippen molar-refractivity contribution < 1.29 is 9.90 Å². The third-order valence-corrected chi connectivity index (χ3v) is 11.0. The van der Waals surface area contributed by atoms with Gasteiger partial charge < -0.3 is 9.67 Å². The Morgan fingerprint density at radius 1 is 0.816 bits per heavy atom. The second-order valence-electron chi connectivity index (χ2n) is 13.4. The molecule has 5 fully saturated rings. The number of aliphatic carboxylic acids is 1. The Morgan fingerprint density at radius 2 is 1.55 bits per heavy atom. The zero-order chi connectivity index (χ0) is 25.6. The molecule has 0 amide bonds.